The van der Waals surface area contributed by atoms with E-state index >= 15 is 0 Å². The highest BCUT2D eigenvalue weighted by Crippen LogP contribution is 2.26. The second-order valence-electron chi connectivity index (χ2n) is 5.63. The molecule has 20 heavy (non-hydrogen) atoms. The molecule has 0 aromatic heterocycles. The molecule has 3 heteroatoms. The van der Waals surface area contributed by atoms with E-state index in [9.17, 15) is 0 Å². The Labute approximate surface area is 120 Å². The number of benzene rings is 1. The maximum absolute atomic E-state index is 9.15. The first-order valence-corrected chi connectivity index (χ1v) is 7.49. The maximum atomic E-state index is 9.15. The summed E-state index contributed by atoms with van der Waals surface area (Å²) >= 11 is 0. The lowest BCUT2D eigenvalue weighted by Crippen LogP contribution is -2.53. The van der Waals surface area contributed by atoms with E-state index in [1.165, 1.54) is 18.4 Å². The van der Waals surface area contributed by atoms with Gasteiger partial charge in [-0.2, -0.15) is 5.26 Å². The fourth-order valence-electron chi connectivity index (χ4n) is 3.33. The van der Waals surface area contributed by atoms with Gasteiger partial charge in [-0.1, -0.05) is 42.5 Å². The van der Waals surface area contributed by atoms with E-state index in [1.807, 2.05) is 0 Å². The molecule has 104 valence electrons. The van der Waals surface area contributed by atoms with E-state index < -0.39 is 0 Å². The van der Waals surface area contributed by atoms with Crippen LogP contribution in [0.3, 0.4) is 0 Å². The largest absolute Gasteiger partial charge is 0.312 e. The van der Waals surface area contributed by atoms with Gasteiger partial charge >= 0.3 is 0 Å². The number of nitriles is 1. The molecule has 0 spiro atoms. The number of nitrogens with zero attached hydrogens (tertiary/aromatic N) is 2. The minimum Gasteiger partial charge on any atom is -0.312 e. The summed E-state index contributed by atoms with van der Waals surface area (Å²) in [6, 6.07) is 13.9. The molecule has 1 fully saturated rings. The van der Waals surface area contributed by atoms with E-state index in [0.29, 0.717) is 12.1 Å². The molecule has 1 saturated heterocycles. The van der Waals surface area contributed by atoms with Crippen molar-refractivity contribution >= 4 is 0 Å². The van der Waals surface area contributed by atoms with Gasteiger partial charge in [0.25, 0.3) is 0 Å². The topological polar surface area (TPSA) is 39.1 Å². The van der Waals surface area contributed by atoms with E-state index in [2.05, 4.69) is 58.8 Å². The van der Waals surface area contributed by atoms with Crippen molar-refractivity contribution in [3.05, 3.63) is 48.0 Å². The molecule has 0 amide bonds. The lowest BCUT2D eigenvalue weighted by molar-refractivity contribution is 0.150. The molecule has 0 aliphatic carbocycles. The number of rotatable bonds is 4. The molecule has 1 aromatic carbocycles. The molecule has 3 atom stereocenters. The average Bonchev–Trinajstić information content (AvgIpc) is 2.92. The lowest BCUT2D eigenvalue weighted by Gasteiger charge is -2.38. The van der Waals surface area contributed by atoms with Crippen LogP contribution in [0.25, 0.3) is 0 Å². The van der Waals surface area contributed by atoms with Gasteiger partial charge in [0.2, 0.25) is 0 Å². The van der Waals surface area contributed by atoms with E-state index in [0.717, 1.165) is 19.5 Å². The van der Waals surface area contributed by atoms with Crippen molar-refractivity contribution in [2.24, 2.45) is 0 Å². The Morgan fingerprint density at radius 2 is 2.10 bits per heavy atom. The van der Waals surface area contributed by atoms with Gasteiger partial charge in [-0.15, -0.1) is 0 Å². The van der Waals surface area contributed by atoms with Crippen LogP contribution in [0.1, 0.15) is 18.4 Å². The van der Waals surface area contributed by atoms with Gasteiger partial charge in [-0.25, -0.2) is 0 Å². The third-order valence-corrected chi connectivity index (χ3v) is 4.37. The summed E-state index contributed by atoms with van der Waals surface area (Å²) in [5.74, 6) is 0. The molecule has 3 nitrogen and oxygen atoms in total. The Bertz CT molecular complexity index is 503. The zero-order chi connectivity index (χ0) is 13.8. The van der Waals surface area contributed by atoms with Gasteiger partial charge in [0.1, 0.15) is 6.04 Å². The van der Waals surface area contributed by atoms with Crippen LogP contribution in [-0.4, -0.2) is 36.1 Å². The molecule has 0 bridgehead atoms. The third-order valence-electron chi connectivity index (χ3n) is 4.37. The highest BCUT2D eigenvalue weighted by molar-refractivity contribution is 5.21. The molecule has 3 rings (SSSR count). The average molecular weight is 267 g/mol. The summed E-state index contributed by atoms with van der Waals surface area (Å²) in [7, 11) is 0. The predicted molar refractivity (Wildman–Crippen MR) is 80.2 cm³/mol. The van der Waals surface area contributed by atoms with Crippen molar-refractivity contribution in [3.8, 4) is 6.07 Å². The highest BCUT2D eigenvalue weighted by atomic mass is 15.2. The van der Waals surface area contributed by atoms with Crippen LogP contribution in [0, 0.1) is 11.3 Å². The van der Waals surface area contributed by atoms with Gasteiger partial charge in [0.05, 0.1) is 6.07 Å². The van der Waals surface area contributed by atoms with E-state index in [1.54, 1.807) is 0 Å². The fraction of sp³-hybridized carbons (Fsp3) is 0.471. The summed E-state index contributed by atoms with van der Waals surface area (Å²) in [6.45, 7) is 2.05. The third kappa shape index (κ3) is 2.77. The summed E-state index contributed by atoms with van der Waals surface area (Å²) < 4.78 is 0. The van der Waals surface area contributed by atoms with Crippen LogP contribution in [0.4, 0.5) is 0 Å². The van der Waals surface area contributed by atoms with Crippen LogP contribution < -0.4 is 5.32 Å². The Morgan fingerprint density at radius 1 is 1.25 bits per heavy atom. The van der Waals surface area contributed by atoms with Gasteiger partial charge in [0.15, 0.2) is 0 Å². The highest BCUT2D eigenvalue weighted by Gasteiger charge is 2.36. The second-order valence-corrected chi connectivity index (χ2v) is 5.63. The lowest BCUT2D eigenvalue weighted by atomic mass is 9.97. The quantitative estimate of drug-likeness (QED) is 0.849. The summed E-state index contributed by atoms with van der Waals surface area (Å²) in [5, 5.41) is 12.8. The molecule has 1 N–H and O–H groups in total. The molecule has 0 saturated carbocycles. The number of hydrogen-bond donors (Lipinski definition) is 1. The minimum atomic E-state index is -0.0151. The summed E-state index contributed by atoms with van der Waals surface area (Å²) in [5.41, 5.74) is 1.38. The number of piperidine rings is 1. The van der Waals surface area contributed by atoms with Crippen molar-refractivity contribution in [2.75, 3.05) is 13.1 Å². The normalized spacial score (nSPS) is 29.1. The molecular formula is C17H21N3. The molecule has 3 unspecified atom stereocenters. The van der Waals surface area contributed by atoms with Crippen LogP contribution in [0.2, 0.25) is 0 Å². The smallest absolute Gasteiger partial charge is 0.117 e. The summed E-state index contributed by atoms with van der Waals surface area (Å²) in [4.78, 5) is 2.32. The molecule has 2 aliphatic rings. The first-order valence-electron chi connectivity index (χ1n) is 7.49. The molecule has 1 aromatic rings. The zero-order valence-corrected chi connectivity index (χ0v) is 11.7. The molecule has 2 heterocycles. The van der Waals surface area contributed by atoms with Crippen LogP contribution in [0.5, 0.6) is 0 Å². The van der Waals surface area contributed by atoms with Crippen LogP contribution >= 0.6 is 0 Å². The van der Waals surface area contributed by atoms with Gasteiger partial charge in [-0.05, 0) is 31.4 Å². The monoisotopic (exact) mass is 267 g/mol. The minimum absolute atomic E-state index is 0.0151. The van der Waals surface area contributed by atoms with Gasteiger partial charge in [0, 0.05) is 18.6 Å². The molecule has 0 radical (unpaired) electrons. The van der Waals surface area contributed by atoms with Crippen molar-refractivity contribution in [1.29, 1.82) is 5.26 Å². The van der Waals surface area contributed by atoms with Gasteiger partial charge < -0.3 is 5.32 Å². The second kappa shape index (κ2) is 6.21. The van der Waals surface area contributed by atoms with Crippen LogP contribution in [0.15, 0.2) is 42.5 Å². The van der Waals surface area contributed by atoms with E-state index in [4.69, 9.17) is 5.26 Å². The zero-order valence-electron chi connectivity index (χ0n) is 11.7. The molecule has 2 aliphatic heterocycles. The van der Waals surface area contributed by atoms with Crippen molar-refractivity contribution in [1.82, 2.24) is 10.2 Å². The van der Waals surface area contributed by atoms with E-state index in [-0.39, 0.29) is 6.04 Å². The number of hydrogen-bond acceptors (Lipinski definition) is 3. The Hall–Kier alpha value is -1.63. The molecular weight excluding hydrogens is 246 g/mol. The fourth-order valence-corrected chi connectivity index (χ4v) is 3.33. The Kier molecular flexibility index (Phi) is 4.15. The standard InChI is InChI=1S/C17H21N3/c18-13-15-8-9-17-16(7-4-12-20(15)17)19-11-10-14-5-2-1-3-6-14/h1-3,5-6,8-9,15-17,19H,4,7,10-12H2. The predicted octanol–water partition coefficient (Wildman–Crippen LogP) is 2.11. The number of nitrogens with one attached hydrogen (secondary N) is 1. The first kappa shape index (κ1) is 13.4. The van der Waals surface area contributed by atoms with Crippen LogP contribution in [-0.2, 0) is 6.42 Å². The maximum Gasteiger partial charge on any atom is 0.117 e. The van der Waals surface area contributed by atoms with Gasteiger partial charge in [-0.3, -0.25) is 4.90 Å². The van der Waals surface area contributed by atoms with Crippen molar-refractivity contribution in [2.45, 2.75) is 37.4 Å². The first-order chi connectivity index (χ1) is 9.88. The Balaban J connectivity index is 1.53. The van der Waals surface area contributed by atoms with Crippen molar-refractivity contribution < 1.29 is 0 Å². The number of fused-ring (bicyclic) bond motifs is 1. The van der Waals surface area contributed by atoms with Crippen molar-refractivity contribution in [3.63, 3.8) is 0 Å². The SMILES string of the molecule is N#CC1C=CC2C(NCCc3ccccc3)CCCN12. The summed E-state index contributed by atoms with van der Waals surface area (Å²) in [6.07, 6.45) is 7.72. The Morgan fingerprint density at radius 3 is 2.90 bits per heavy atom.